The largest absolute Gasteiger partial charge is 0.341 e. The van der Waals surface area contributed by atoms with E-state index in [9.17, 15) is 9.59 Å². The minimum absolute atomic E-state index is 0.122. The number of amides is 2. The van der Waals surface area contributed by atoms with E-state index in [-0.39, 0.29) is 17.2 Å². The lowest BCUT2D eigenvalue weighted by molar-refractivity contribution is -0.139. The van der Waals surface area contributed by atoms with Crippen LogP contribution in [0.25, 0.3) is 0 Å². The van der Waals surface area contributed by atoms with Gasteiger partial charge in [0.2, 0.25) is 11.8 Å². The molecule has 2 unspecified atom stereocenters. The molecule has 5 nitrogen and oxygen atoms in total. The van der Waals surface area contributed by atoms with Gasteiger partial charge in [0.05, 0.1) is 21.9 Å². The third kappa shape index (κ3) is 6.42. The molecule has 1 spiro atoms. The van der Waals surface area contributed by atoms with Crippen molar-refractivity contribution in [2.45, 2.75) is 38.1 Å². The monoisotopic (exact) mass is 667 g/mol. The van der Waals surface area contributed by atoms with Gasteiger partial charge < -0.3 is 14.7 Å². The van der Waals surface area contributed by atoms with Crippen molar-refractivity contribution in [1.29, 1.82) is 0 Å². The quantitative estimate of drug-likeness (QED) is 0.271. The van der Waals surface area contributed by atoms with Crippen molar-refractivity contribution in [2.24, 2.45) is 11.3 Å². The standard InChI is InChI=1S/C34H36BrCl2N3O2/c35-28-9-6-24(7-10-28)20-39-17-14-34(33(39)42)12-15-38(16-13-34)21-27-22-40(23-29(27)26-4-2-1-3-5-26)32(41)19-25-8-11-30(36)31(37)18-25/h1-11,18,27,29H,12-17,19-23H2. The predicted molar refractivity (Wildman–Crippen MR) is 172 cm³/mol. The Bertz CT molecular complexity index is 1430. The van der Waals surface area contributed by atoms with E-state index < -0.39 is 0 Å². The summed E-state index contributed by atoms with van der Waals surface area (Å²) in [5.41, 5.74) is 3.12. The summed E-state index contributed by atoms with van der Waals surface area (Å²) in [5.74, 6) is 1.07. The van der Waals surface area contributed by atoms with Crippen LogP contribution in [0.15, 0.2) is 77.3 Å². The van der Waals surface area contributed by atoms with Crippen LogP contribution < -0.4 is 0 Å². The zero-order valence-corrected chi connectivity index (χ0v) is 26.8. The Balaban J connectivity index is 1.08. The number of nitrogens with zero attached hydrogens (tertiary/aromatic N) is 3. The fraction of sp³-hybridized carbons (Fsp3) is 0.412. The van der Waals surface area contributed by atoms with Gasteiger partial charge in [0.1, 0.15) is 0 Å². The number of likely N-dealkylation sites (tertiary alicyclic amines) is 3. The van der Waals surface area contributed by atoms with E-state index >= 15 is 0 Å². The summed E-state index contributed by atoms with van der Waals surface area (Å²) in [5, 5.41) is 0.974. The number of piperidine rings is 1. The predicted octanol–water partition coefficient (Wildman–Crippen LogP) is 7.06. The second kappa shape index (κ2) is 12.7. The third-order valence-corrected chi connectivity index (χ3v) is 10.8. The Hall–Kier alpha value is -2.38. The number of rotatable bonds is 7. The molecule has 0 bridgehead atoms. The third-order valence-electron chi connectivity index (χ3n) is 9.55. The summed E-state index contributed by atoms with van der Waals surface area (Å²) >= 11 is 15.8. The molecule has 3 aromatic carbocycles. The van der Waals surface area contributed by atoms with Crippen molar-refractivity contribution in [1.82, 2.24) is 14.7 Å². The van der Waals surface area contributed by atoms with E-state index in [1.165, 1.54) is 11.1 Å². The van der Waals surface area contributed by atoms with E-state index in [4.69, 9.17) is 23.2 Å². The van der Waals surface area contributed by atoms with E-state index in [1.807, 2.05) is 29.2 Å². The van der Waals surface area contributed by atoms with Crippen molar-refractivity contribution >= 4 is 50.9 Å². The average Bonchev–Trinajstić information content (AvgIpc) is 3.55. The van der Waals surface area contributed by atoms with Gasteiger partial charge in [-0.25, -0.2) is 0 Å². The molecule has 0 N–H and O–H groups in total. The highest BCUT2D eigenvalue weighted by molar-refractivity contribution is 9.10. The summed E-state index contributed by atoms with van der Waals surface area (Å²) in [6, 6.07) is 24.3. The van der Waals surface area contributed by atoms with Crippen molar-refractivity contribution in [2.75, 3.05) is 39.3 Å². The van der Waals surface area contributed by atoms with Crippen molar-refractivity contribution in [3.63, 3.8) is 0 Å². The molecule has 8 heteroatoms. The molecule has 3 aromatic rings. The van der Waals surface area contributed by atoms with E-state index in [1.54, 1.807) is 12.1 Å². The molecule has 42 heavy (non-hydrogen) atoms. The zero-order valence-electron chi connectivity index (χ0n) is 23.7. The van der Waals surface area contributed by atoms with E-state index in [0.717, 1.165) is 68.6 Å². The van der Waals surface area contributed by atoms with Gasteiger partial charge in [-0.15, -0.1) is 0 Å². The number of carbonyl (C=O) groups excluding carboxylic acids is 2. The fourth-order valence-electron chi connectivity index (χ4n) is 7.09. The Labute approximate surface area is 266 Å². The van der Waals surface area contributed by atoms with Gasteiger partial charge >= 0.3 is 0 Å². The molecule has 3 fully saturated rings. The van der Waals surface area contributed by atoms with Crippen molar-refractivity contribution in [3.05, 3.63) is 104 Å². The molecule has 0 aliphatic carbocycles. The van der Waals surface area contributed by atoms with Crippen molar-refractivity contribution in [3.8, 4) is 0 Å². The maximum Gasteiger partial charge on any atom is 0.229 e. The van der Waals surface area contributed by atoms with Crippen LogP contribution in [0, 0.1) is 11.3 Å². The number of hydrogen-bond donors (Lipinski definition) is 0. The lowest BCUT2D eigenvalue weighted by atomic mass is 9.76. The second-order valence-electron chi connectivity index (χ2n) is 12.2. The first-order valence-corrected chi connectivity index (χ1v) is 16.4. The molecule has 3 saturated heterocycles. The maximum atomic E-state index is 13.6. The molecule has 2 atom stereocenters. The molecule has 3 aliphatic rings. The van der Waals surface area contributed by atoms with Gasteiger partial charge in [-0.1, -0.05) is 87.7 Å². The number of carbonyl (C=O) groups is 2. The van der Waals surface area contributed by atoms with Crippen LogP contribution >= 0.6 is 39.1 Å². The van der Waals surface area contributed by atoms with E-state index in [0.29, 0.717) is 34.8 Å². The molecule has 6 rings (SSSR count). The second-order valence-corrected chi connectivity index (χ2v) is 13.9. The summed E-state index contributed by atoms with van der Waals surface area (Å²) in [7, 11) is 0. The number of hydrogen-bond acceptors (Lipinski definition) is 3. The van der Waals surface area contributed by atoms with Gasteiger partial charge in [0.25, 0.3) is 0 Å². The average molecular weight is 669 g/mol. The summed E-state index contributed by atoms with van der Waals surface area (Å²) in [6.07, 6.45) is 3.08. The molecular formula is C34H36BrCl2N3O2. The SMILES string of the molecule is O=C(Cc1ccc(Cl)c(Cl)c1)N1CC(CN2CCC3(CC2)CCN(Cc2ccc(Br)cc2)C3=O)C(c2ccccc2)C1. The Kier molecular flexibility index (Phi) is 8.97. The van der Waals surface area contributed by atoms with Crippen LogP contribution in [0.2, 0.25) is 10.0 Å². The molecular weight excluding hydrogens is 633 g/mol. The molecule has 0 aromatic heterocycles. The van der Waals surface area contributed by atoms with Gasteiger partial charge in [-0.05, 0) is 79.2 Å². The molecule has 3 heterocycles. The number of benzene rings is 3. The molecule has 2 amide bonds. The Morgan fingerprint density at radius 3 is 2.26 bits per heavy atom. The molecule has 0 saturated carbocycles. The Morgan fingerprint density at radius 2 is 1.55 bits per heavy atom. The minimum atomic E-state index is -0.220. The number of halogens is 3. The fourth-order valence-corrected chi connectivity index (χ4v) is 7.67. The Morgan fingerprint density at radius 1 is 0.857 bits per heavy atom. The van der Waals surface area contributed by atoms with Crippen LogP contribution in [0.3, 0.4) is 0 Å². The lowest BCUT2D eigenvalue weighted by Crippen LogP contribution is -2.46. The molecule has 220 valence electrons. The first-order valence-electron chi connectivity index (χ1n) is 14.8. The highest BCUT2D eigenvalue weighted by Crippen LogP contribution is 2.43. The van der Waals surface area contributed by atoms with E-state index in [2.05, 4.69) is 62.1 Å². The van der Waals surface area contributed by atoms with Gasteiger partial charge in [-0.2, -0.15) is 0 Å². The van der Waals surface area contributed by atoms with Gasteiger partial charge in [0, 0.05) is 43.1 Å². The van der Waals surface area contributed by atoms with Crippen LogP contribution in [-0.4, -0.2) is 65.8 Å². The van der Waals surface area contributed by atoms with Crippen LogP contribution in [0.5, 0.6) is 0 Å². The summed E-state index contributed by atoms with van der Waals surface area (Å²) in [4.78, 5) is 33.6. The topological polar surface area (TPSA) is 43.9 Å². The molecule has 0 radical (unpaired) electrons. The smallest absolute Gasteiger partial charge is 0.229 e. The van der Waals surface area contributed by atoms with Crippen LogP contribution in [0.4, 0.5) is 0 Å². The highest BCUT2D eigenvalue weighted by atomic mass is 79.9. The molecule has 3 aliphatic heterocycles. The van der Waals surface area contributed by atoms with Crippen LogP contribution in [0.1, 0.15) is 41.9 Å². The maximum absolute atomic E-state index is 13.6. The zero-order chi connectivity index (χ0) is 29.3. The highest BCUT2D eigenvalue weighted by Gasteiger charge is 2.48. The first-order chi connectivity index (χ1) is 20.3. The summed E-state index contributed by atoms with van der Waals surface area (Å²) in [6.45, 7) is 5.76. The van der Waals surface area contributed by atoms with Gasteiger partial charge in [-0.3, -0.25) is 9.59 Å². The minimum Gasteiger partial charge on any atom is -0.341 e. The summed E-state index contributed by atoms with van der Waals surface area (Å²) < 4.78 is 1.05. The van der Waals surface area contributed by atoms with Crippen molar-refractivity contribution < 1.29 is 9.59 Å². The van der Waals surface area contributed by atoms with Crippen LogP contribution in [-0.2, 0) is 22.6 Å². The first kappa shape index (κ1) is 29.7. The normalized spacial score (nSPS) is 22.3. The lowest BCUT2D eigenvalue weighted by Gasteiger charge is -2.39. The van der Waals surface area contributed by atoms with Gasteiger partial charge in [0.15, 0.2) is 0 Å².